The van der Waals surface area contributed by atoms with E-state index in [1.807, 2.05) is 0 Å². The minimum absolute atomic E-state index is 0.917. The molecule has 0 aromatic rings. The molecule has 0 aliphatic heterocycles. The molecule has 0 N–H and O–H groups in total. The molecule has 49 valence electrons. The van der Waals surface area contributed by atoms with E-state index >= 15 is 0 Å². The van der Waals surface area contributed by atoms with Crippen molar-refractivity contribution >= 4 is 0 Å². The summed E-state index contributed by atoms with van der Waals surface area (Å²) in [6, 6.07) is 0. The van der Waals surface area contributed by atoms with Crippen molar-refractivity contribution in [2.24, 2.45) is 5.41 Å². The topological polar surface area (TPSA) is 0 Å². The summed E-state index contributed by atoms with van der Waals surface area (Å²) in [6.45, 7) is 4.67. The molecule has 0 amide bonds. The van der Waals surface area contributed by atoms with Gasteiger partial charge in [-0.2, -0.15) is 0 Å². The molecular weight excluding hydrogens is 110 g/mol. The van der Waals surface area contributed by atoms with Crippen molar-refractivity contribution in [2.45, 2.75) is 27.2 Å². The first-order valence-corrected chi connectivity index (χ1v) is 2.59. The van der Waals surface area contributed by atoms with Crippen molar-refractivity contribution in [1.82, 2.24) is 0 Å². The maximum absolute atomic E-state index is 11.8. The highest BCUT2D eigenvalue weighted by molar-refractivity contribution is 4.82. The summed E-state index contributed by atoms with van der Waals surface area (Å²) in [5.74, 6) is 0. The van der Waals surface area contributed by atoms with Crippen molar-refractivity contribution in [3.05, 3.63) is 6.42 Å². The predicted octanol–water partition coefficient (Wildman–Crippen LogP) is 2.50. The van der Waals surface area contributed by atoms with Gasteiger partial charge in [0.05, 0.1) is 0 Å². The standard InChI is InChI=1S/C6H11F2/c1-4-6(2,3)5(7)8/h4-5H,1-3H3. The van der Waals surface area contributed by atoms with E-state index in [2.05, 4.69) is 0 Å². The third-order valence-corrected chi connectivity index (χ3v) is 1.31. The lowest BCUT2D eigenvalue weighted by Gasteiger charge is -2.19. The molecule has 0 aliphatic carbocycles. The van der Waals surface area contributed by atoms with E-state index in [4.69, 9.17) is 0 Å². The molecule has 0 fully saturated rings. The van der Waals surface area contributed by atoms with E-state index in [1.165, 1.54) is 20.3 Å². The summed E-state index contributed by atoms with van der Waals surface area (Å²) in [7, 11) is 0. The average molecular weight is 121 g/mol. The van der Waals surface area contributed by atoms with Crippen molar-refractivity contribution in [2.75, 3.05) is 0 Å². The molecule has 0 aliphatic rings. The fraction of sp³-hybridized carbons (Fsp3) is 0.833. The van der Waals surface area contributed by atoms with E-state index in [0.29, 0.717) is 0 Å². The molecule has 0 nitrogen and oxygen atoms in total. The van der Waals surface area contributed by atoms with Crippen LogP contribution in [-0.4, -0.2) is 6.43 Å². The minimum Gasteiger partial charge on any atom is -0.210 e. The molecule has 0 spiro atoms. The first-order chi connectivity index (χ1) is 3.50. The van der Waals surface area contributed by atoms with Gasteiger partial charge in [-0.3, -0.25) is 0 Å². The molecule has 0 saturated heterocycles. The third kappa shape index (κ3) is 1.76. The van der Waals surface area contributed by atoms with Crippen LogP contribution in [0.3, 0.4) is 0 Å². The average Bonchev–Trinajstić information content (AvgIpc) is 1.67. The lowest BCUT2D eigenvalue weighted by molar-refractivity contribution is 0.0413. The second-order valence-corrected chi connectivity index (χ2v) is 2.41. The van der Waals surface area contributed by atoms with Crippen LogP contribution in [0.4, 0.5) is 8.78 Å². The molecule has 0 heterocycles. The zero-order chi connectivity index (χ0) is 6.78. The molecule has 0 rings (SSSR count). The quantitative estimate of drug-likeness (QED) is 0.526. The summed E-state index contributed by atoms with van der Waals surface area (Å²) in [5.41, 5.74) is -0.917. The first-order valence-electron chi connectivity index (χ1n) is 2.59. The summed E-state index contributed by atoms with van der Waals surface area (Å²) in [5, 5.41) is 0. The molecule has 1 radical (unpaired) electrons. The van der Waals surface area contributed by atoms with Crippen LogP contribution in [0.5, 0.6) is 0 Å². The molecule has 0 aromatic heterocycles. The van der Waals surface area contributed by atoms with E-state index in [9.17, 15) is 8.78 Å². The van der Waals surface area contributed by atoms with Gasteiger partial charge in [-0.25, -0.2) is 8.78 Å². The van der Waals surface area contributed by atoms with Gasteiger partial charge in [0.25, 0.3) is 0 Å². The third-order valence-electron chi connectivity index (χ3n) is 1.31. The Morgan fingerprint density at radius 2 is 1.75 bits per heavy atom. The van der Waals surface area contributed by atoms with Crippen LogP contribution in [0.1, 0.15) is 20.8 Å². The lowest BCUT2D eigenvalue weighted by Crippen LogP contribution is -2.20. The fourth-order valence-electron chi connectivity index (χ4n) is 0.126. The van der Waals surface area contributed by atoms with Gasteiger partial charge in [-0.1, -0.05) is 20.8 Å². The van der Waals surface area contributed by atoms with Crippen LogP contribution in [-0.2, 0) is 0 Å². The van der Waals surface area contributed by atoms with Crippen LogP contribution < -0.4 is 0 Å². The van der Waals surface area contributed by atoms with Gasteiger partial charge in [0.15, 0.2) is 0 Å². The molecule has 0 atom stereocenters. The van der Waals surface area contributed by atoms with Gasteiger partial charge >= 0.3 is 0 Å². The molecule has 0 aromatic carbocycles. The largest absolute Gasteiger partial charge is 0.243 e. The van der Waals surface area contributed by atoms with Crippen molar-refractivity contribution in [1.29, 1.82) is 0 Å². The maximum atomic E-state index is 11.8. The maximum Gasteiger partial charge on any atom is 0.243 e. The van der Waals surface area contributed by atoms with Gasteiger partial charge in [-0.15, -0.1) is 0 Å². The summed E-state index contributed by atoms with van der Waals surface area (Å²) >= 11 is 0. The Kier molecular flexibility index (Phi) is 2.38. The Balaban J connectivity index is 3.71. The smallest absolute Gasteiger partial charge is 0.210 e. The lowest BCUT2D eigenvalue weighted by atomic mass is 9.91. The van der Waals surface area contributed by atoms with Gasteiger partial charge in [0.2, 0.25) is 6.43 Å². The van der Waals surface area contributed by atoms with Crippen molar-refractivity contribution < 1.29 is 8.78 Å². The number of alkyl halides is 2. The second-order valence-electron chi connectivity index (χ2n) is 2.41. The van der Waals surface area contributed by atoms with Gasteiger partial charge < -0.3 is 0 Å². The highest BCUT2D eigenvalue weighted by Gasteiger charge is 2.26. The van der Waals surface area contributed by atoms with Crippen LogP contribution in [0.15, 0.2) is 0 Å². The van der Waals surface area contributed by atoms with Gasteiger partial charge in [0, 0.05) is 5.41 Å². The van der Waals surface area contributed by atoms with Gasteiger partial charge in [-0.05, 0) is 6.42 Å². The number of rotatable bonds is 2. The highest BCUT2D eigenvalue weighted by Crippen LogP contribution is 2.26. The Bertz CT molecular complexity index is 66.9. The van der Waals surface area contributed by atoms with Crippen molar-refractivity contribution in [3.8, 4) is 0 Å². The minimum atomic E-state index is -2.24. The van der Waals surface area contributed by atoms with E-state index < -0.39 is 11.8 Å². The zero-order valence-electron chi connectivity index (χ0n) is 5.41. The molecule has 0 unspecified atom stereocenters. The van der Waals surface area contributed by atoms with Crippen molar-refractivity contribution in [3.63, 3.8) is 0 Å². The first kappa shape index (κ1) is 7.86. The Hall–Kier alpha value is -0.140. The molecule has 0 bridgehead atoms. The number of hydrogen-bond acceptors (Lipinski definition) is 0. The Morgan fingerprint density at radius 3 is 1.75 bits per heavy atom. The SMILES string of the molecule is C[CH]C(C)(C)C(F)F. The van der Waals surface area contributed by atoms with Crippen LogP contribution in [0, 0.1) is 11.8 Å². The highest BCUT2D eigenvalue weighted by atomic mass is 19.3. The molecule has 2 heteroatoms. The predicted molar refractivity (Wildman–Crippen MR) is 29.8 cm³/mol. The number of halogens is 2. The monoisotopic (exact) mass is 121 g/mol. The number of hydrogen-bond donors (Lipinski definition) is 0. The van der Waals surface area contributed by atoms with Crippen LogP contribution in [0.25, 0.3) is 0 Å². The summed E-state index contributed by atoms with van der Waals surface area (Å²) < 4.78 is 23.6. The Labute approximate surface area is 48.9 Å². The summed E-state index contributed by atoms with van der Waals surface area (Å²) in [4.78, 5) is 0. The van der Waals surface area contributed by atoms with E-state index in [0.717, 1.165) is 0 Å². The summed E-state index contributed by atoms with van der Waals surface area (Å²) in [6.07, 6.45) is -0.731. The molecule has 0 saturated carbocycles. The van der Waals surface area contributed by atoms with E-state index in [-0.39, 0.29) is 0 Å². The second kappa shape index (κ2) is 2.42. The Morgan fingerprint density at radius 1 is 1.38 bits per heavy atom. The zero-order valence-corrected chi connectivity index (χ0v) is 5.41. The van der Waals surface area contributed by atoms with Crippen LogP contribution in [0.2, 0.25) is 0 Å². The van der Waals surface area contributed by atoms with E-state index in [1.54, 1.807) is 6.92 Å². The normalized spacial score (nSPS) is 12.8. The molecule has 8 heavy (non-hydrogen) atoms. The molecular formula is C6H11F2. The van der Waals surface area contributed by atoms with Crippen LogP contribution >= 0.6 is 0 Å². The fourth-order valence-corrected chi connectivity index (χ4v) is 0.126. The van der Waals surface area contributed by atoms with Gasteiger partial charge in [0.1, 0.15) is 0 Å².